The van der Waals surface area contributed by atoms with E-state index in [1.165, 1.54) is 77.4 Å². The molecule has 0 amide bonds. The summed E-state index contributed by atoms with van der Waals surface area (Å²) in [5.74, 6) is 0. The van der Waals surface area contributed by atoms with Crippen LogP contribution < -0.4 is 5.32 Å². The van der Waals surface area contributed by atoms with Gasteiger partial charge < -0.3 is 5.32 Å². The highest BCUT2D eigenvalue weighted by Gasteiger charge is 2.22. The van der Waals surface area contributed by atoms with Crippen molar-refractivity contribution in [3.8, 4) is 0 Å². The number of rotatable bonds is 4. The van der Waals surface area contributed by atoms with Crippen LogP contribution in [0.4, 0.5) is 0 Å². The summed E-state index contributed by atoms with van der Waals surface area (Å²) >= 11 is 0. The van der Waals surface area contributed by atoms with Crippen LogP contribution in [0.15, 0.2) is 0 Å². The lowest BCUT2D eigenvalue weighted by Gasteiger charge is -2.36. The Labute approximate surface area is 107 Å². The lowest BCUT2D eigenvalue weighted by Crippen LogP contribution is -2.45. The van der Waals surface area contributed by atoms with Gasteiger partial charge in [0.15, 0.2) is 0 Å². The van der Waals surface area contributed by atoms with Crippen LogP contribution in [0.3, 0.4) is 0 Å². The fourth-order valence-corrected chi connectivity index (χ4v) is 3.52. The van der Waals surface area contributed by atoms with E-state index in [0.29, 0.717) is 0 Å². The monoisotopic (exact) mass is 238 g/mol. The highest BCUT2D eigenvalue weighted by molar-refractivity contribution is 4.80. The van der Waals surface area contributed by atoms with Gasteiger partial charge in [-0.15, -0.1) is 0 Å². The molecule has 2 rings (SSSR count). The van der Waals surface area contributed by atoms with Crippen molar-refractivity contribution in [3.63, 3.8) is 0 Å². The van der Waals surface area contributed by atoms with Gasteiger partial charge in [-0.25, -0.2) is 0 Å². The molecule has 1 atom stereocenters. The summed E-state index contributed by atoms with van der Waals surface area (Å²) in [7, 11) is 0. The molecule has 1 aliphatic heterocycles. The normalized spacial score (nSPS) is 28.2. The van der Waals surface area contributed by atoms with Crippen molar-refractivity contribution in [1.29, 1.82) is 0 Å². The number of hydrogen-bond donors (Lipinski definition) is 1. The molecule has 0 bridgehead atoms. The van der Waals surface area contributed by atoms with Crippen LogP contribution in [0, 0.1) is 0 Å². The zero-order valence-corrected chi connectivity index (χ0v) is 11.6. The zero-order valence-electron chi connectivity index (χ0n) is 11.6. The first-order chi connectivity index (χ1) is 8.40. The minimum absolute atomic E-state index is 0.763. The Bertz CT molecular complexity index is 191. The van der Waals surface area contributed by atoms with Crippen LogP contribution in [0.1, 0.15) is 64.7 Å². The van der Waals surface area contributed by atoms with E-state index in [0.717, 1.165) is 12.1 Å². The maximum absolute atomic E-state index is 3.74. The standard InChI is InChI=1S/C15H30N2/c1-2-17(15-10-6-3-7-11-15)13-14-9-5-4-8-12-16-14/h14-16H,2-13H2,1H3. The van der Waals surface area contributed by atoms with Gasteiger partial charge in [0.05, 0.1) is 0 Å². The smallest absolute Gasteiger partial charge is 0.0195 e. The van der Waals surface area contributed by atoms with Crippen molar-refractivity contribution in [2.45, 2.75) is 76.8 Å². The predicted molar refractivity (Wildman–Crippen MR) is 74.4 cm³/mol. The number of hydrogen-bond acceptors (Lipinski definition) is 2. The van der Waals surface area contributed by atoms with Crippen molar-refractivity contribution in [3.05, 3.63) is 0 Å². The average molecular weight is 238 g/mol. The summed E-state index contributed by atoms with van der Waals surface area (Å²) in [6.07, 6.45) is 12.9. The van der Waals surface area contributed by atoms with Crippen LogP contribution in [0.5, 0.6) is 0 Å². The van der Waals surface area contributed by atoms with Gasteiger partial charge in [-0.05, 0) is 38.8 Å². The van der Waals surface area contributed by atoms with Crippen LogP contribution in [0.2, 0.25) is 0 Å². The SMILES string of the molecule is CCN(CC1CCCCCN1)C1CCCCC1. The number of nitrogens with zero attached hydrogens (tertiary/aromatic N) is 1. The van der Waals surface area contributed by atoms with E-state index < -0.39 is 0 Å². The highest BCUT2D eigenvalue weighted by Crippen LogP contribution is 2.23. The fraction of sp³-hybridized carbons (Fsp3) is 1.00. The van der Waals surface area contributed by atoms with E-state index in [4.69, 9.17) is 0 Å². The fourth-order valence-electron chi connectivity index (χ4n) is 3.52. The summed E-state index contributed by atoms with van der Waals surface area (Å²) in [5, 5.41) is 3.74. The maximum atomic E-state index is 3.74. The predicted octanol–water partition coefficient (Wildman–Crippen LogP) is 3.17. The number of nitrogens with one attached hydrogen (secondary N) is 1. The first-order valence-corrected chi connectivity index (χ1v) is 7.87. The largest absolute Gasteiger partial charge is 0.313 e. The molecule has 1 saturated carbocycles. The minimum Gasteiger partial charge on any atom is -0.313 e. The van der Waals surface area contributed by atoms with Gasteiger partial charge >= 0.3 is 0 Å². The lowest BCUT2D eigenvalue weighted by molar-refractivity contribution is 0.146. The first-order valence-electron chi connectivity index (χ1n) is 7.87. The third-order valence-corrected chi connectivity index (χ3v) is 4.61. The van der Waals surface area contributed by atoms with E-state index in [1.807, 2.05) is 0 Å². The van der Waals surface area contributed by atoms with Gasteiger partial charge in [0.25, 0.3) is 0 Å². The Morgan fingerprint density at radius 3 is 2.41 bits per heavy atom. The van der Waals surface area contributed by atoms with E-state index in [1.54, 1.807) is 0 Å². The summed E-state index contributed by atoms with van der Waals surface area (Å²) in [5.41, 5.74) is 0. The van der Waals surface area contributed by atoms with Crippen molar-refractivity contribution in [2.24, 2.45) is 0 Å². The second-order valence-corrected chi connectivity index (χ2v) is 5.88. The molecule has 0 aromatic heterocycles. The van der Waals surface area contributed by atoms with Crippen molar-refractivity contribution in [2.75, 3.05) is 19.6 Å². The Balaban J connectivity index is 1.80. The topological polar surface area (TPSA) is 15.3 Å². The third-order valence-electron chi connectivity index (χ3n) is 4.61. The van der Waals surface area contributed by atoms with E-state index in [-0.39, 0.29) is 0 Å². The molecule has 1 saturated heterocycles. The zero-order chi connectivity index (χ0) is 11.9. The Morgan fingerprint density at radius 1 is 0.941 bits per heavy atom. The molecule has 1 aliphatic carbocycles. The molecule has 2 fully saturated rings. The average Bonchev–Trinajstić information content (AvgIpc) is 2.65. The van der Waals surface area contributed by atoms with E-state index in [2.05, 4.69) is 17.1 Å². The highest BCUT2D eigenvalue weighted by atomic mass is 15.2. The number of likely N-dealkylation sites (N-methyl/N-ethyl adjacent to an activating group) is 1. The van der Waals surface area contributed by atoms with Crippen LogP contribution in [-0.2, 0) is 0 Å². The quantitative estimate of drug-likeness (QED) is 0.809. The molecule has 0 aromatic carbocycles. The molecule has 2 nitrogen and oxygen atoms in total. The first kappa shape index (κ1) is 13.4. The molecule has 1 heterocycles. The molecule has 1 N–H and O–H groups in total. The molecule has 0 radical (unpaired) electrons. The summed E-state index contributed by atoms with van der Waals surface area (Å²) in [4.78, 5) is 2.75. The maximum Gasteiger partial charge on any atom is 0.0195 e. The summed E-state index contributed by atoms with van der Waals surface area (Å²) < 4.78 is 0. The van der Waals surface area contributed by atoms with Crippen molar-refractivity contribution < 1.29 is 0 Å². The Morgan fingerprint density at radius 2 is 1.65 bits per heavy atom. The van der Waals surface area contributed by atoms with Gasteiger partial charge in [-0.3, -0.25) is 4.90 Å². The molecule has 2 aliphatic rings. The third kappa shape index (κ3) is 4.26. The van der Waals surface area contributed by atoms with Crippen LogP contribution in [0.25, 0.3) is 0 Å². The second-order valence-electron chi connectivity index (χ2n) is 5.88. The Kier molecular flexibility index (Phi) is 5.79. The van der Waals surface area contributed by atoms with Crippen LogP contribution in [-0.4, -0.2) is 36.6 Å². The van der Waals surface area contributed by atoms with Gasteiger partial charge in [-0.2, -0.15) is 0 Å². The molecule has 2 heteroatoms. The lowest BCUT2D eigenvalue weighted by atomic mass is 9.93. The second kappa shape index (κ2) is 7.38. The van der Waals surface area contributed by atoms with Gasteiger partial charge in [0.2, 0.25) is 0 Å². The van der Waals surface area contributed by atoms with Crippen molar-refractivity contribution in [1.82, 2.24) is 10.2 Å². The summed E-state index contributed by atoms with van der Waals surface area (Å²) in [6.45, 7) is 6.11. The molecule has 0 aromatic rings. The van der Waals surface area contributed by atoms with Crippen molar-refractivity contribution >= 4 is 0 Å². The molecule has 100 valence electrons. The van der Waals surface area contributed by atoms with Gasteiger partial charge in [-0.1, -0.05) is 39.0 Å². The molecule has 1 unspecified atom stereocenters. The van der Waals surface area contributed by atoms with Gasteiger partial charge in [0.1, 0.15) is 0 Å². The Hall–Kier alpha value is -0.0800. The van der Waals surface area contributed by atoms with Gasteiger partial charge in [0, 0.05) is 18.6 Å². The minimum atomic E-state index is 0.763. The molecular weight excluding hydrogens is 208 g/mol. The van der Waals surface area contributed by atoms with E-state index in [9.17, 15) is 0 Å². The van der Waals surface area contributed by atoms with Crippen LogP contribution >= 0.6 is 0 Å². The molecule has 0 spiro atoms. The van der Waals surface area contributed by atoms with E-state index >= 15 is 0 Å². The summed E-state index contributed by atoms with van der Waals surface area (Å²) in [6, 6.07) is 1.65. The molecular formula is C15H30N2. The molecule has 17 heavy (non-hydrogen) atoms.